The summed E-state index contributed by atoms with van der Waals surface area (Å²) in [7, 11) is 1.55. The van der Waals surface area contributed by atoms with Crippen molar-refractivity contribution in [2.24, 2.45) is 5.92 Å². The molecule has 1 aromatic rings. The lowest BCUT2D eigenvalue weighted by Crippen LogP contribution is -2.53. The van der Waals surface area contributed by atoms with E-state index in [4.69, 9.17) is 4.74 Å². The van der Waals surface area contributed by atoms with Crippen molar-refractivity contribution in [3.63, 3.8) is 0 Å². The molecule has 0 bridgehead atoms. The summed E-state index contributed by atoms with van der Waals surface area (Å²) in [5.74, 6) is 0.749. The lowest BCUT2D eigenvalue weighted by Gasteiger charge is -2.33. The molecular formula is C24H38N4O3S. The molecule has 0 aromatic carbocycles. The molecule has 8 heteroatoms. The number of carbonyl (C=O) groups is 2. The fourth-order valence-electron chi connectivity index (χ4n) is 5.54. The van der Waals surface area contributed by atoms with Crippen molar-refractivity contribution >= 4 is 23.2 Å². The largest absolute Gasteiger partial charge is 0.375 e. The fourth-order valence-corrected chi connectivity index (χ4v) is 6.27. The molecule has 3 aliphatic rings. The summed E-state index contributed by atoms with van der Waals surface area (Å²) in [5, 5.41) is 5.44. The first-order valence-corrected chi connectivity index (χ1v) is 13.1. The van der Waals surface area contributed by atoms with E-state index in [1.54, 1.807) is 23.3 Å². The molecule has 1 saturated carbocycles. The SMILES string of the molecule is COCC(=O)N1CC(N(Cc2cccs2)CC2CCCCC2)CC1C(=O)N1CCNCC1. The van der Waals surface area contributed by atoms with Gasteiger partial charge in [0, 0.05) is 63.8 Å². The molecule has 3 fully saturated rings. The minimum absolute atomic E-state index is 0.0333. The van der Waals surface area contributed by atoms with Crippen molar-refractivity contribution in [3.05, 3.63) is 22.4 Å². The number of hydrogen-bond acceptors (Lipinski definition) is 6. The first-order chi connectivity index (χ1) is 15.7. The van der Waals surface area contributed by atoms with Gasteiger partial charge in [0.2, 0.25) is 11.8 Å². The molecular weight excluding hydrogens is 424 g/mol. The monoisotopic (exact) mass is 462 g/mol. The molecule has 2 atom stereocenters. The number of rotatable bonds is 8. The molecule has 1 aliphatic carbocycles. The van der Waals surface area contributed by atoms with E-state index in [1.165, 1.54) is 37.0 Å². The van der Waals surface area contributed by atoms with Crippen LogP contribution in [0.15, 0.2) is 17.5 Å². The Morgan fingerprint density at radius 2 is 2.00 bits per heavy atom. The molecule has 1 aromatic heterocycles. The van der Waals surface area contributed by atoms with Gasteiger partial charge in [-0.3, -0.25) is 14.5 Å². The van der Waals surface area contributed by atoms with Gasteiger partial charge in [-0.25, -0.2) is 0 Å². The Bertz CT molecular complexity index is 732. The summed E-state index contributed by atoms with van der Waals surface area (Å²) in [6.45, 7) is 5.68. The first-order valence-electron chi connectivity index (χ1n) is 12.2. The molecule has 7 nitrogen and oxygen atoms in total. The molecule has 2 saturated heterocycles. The first kappa shape index (κ1) is 23.7. The molecule has 0 radical (unpaired) electrons. The van der Waals surface area contributed by atoms with E-state index >= 15 is 0 Å². The van der Waals surface area contributed by atoms with Gasteiger partial charge in [-0.15, -0.1) is 11.3 Å². The average molecular weight is 463 g/mol. The van der Waals surface area contributed by atoms with E-state index in [1.807, 2.05) is 4.90 Å². The van der Waals surface area contributed by atoms with Crippen LogP contribution >= 0.6 is 11.3 Å². The normalized spacial score (nSPS) is 24.9. The highest BCUT2D eigenvalue weighted by molar-refractivity contribution is 7.09. The molecule has 0 spiro atoms. The zero-order chi connectivity index (χ0) is 22.3. The molecule has 2 unspecified atom stereocenters. The van der Waals surface area contributed by atoms with Crippen molar-refractivity contribution in [1.82, 2.24) is 20.0 Å². The van der Waals surface area contributed by atoms with E-state index in [0.29, 0.717) is 19.6 Å². The number of likely N-dealkylation sites (tertiary alicyclic amines) is 1. The van der Waals surface area contributed by atoms with Crippen molar-refractivity contribution in [3.8, 4) is 0 Å². The number of carbonyl (C=O) groups excluding carboxylic acids is 2. The predicted molar refractivity (Wildman–Crippen MR) is 127 cm³/mol. The van der Waals surface area contributed by atoms with Crippen LogP contribution in [0.25, 0.3) is 0 Å². The van der Waals surface area contributed by atoms with Gasteiger partial charge in [0.05, 0.1) is 0 Å². The van der Waals surface area contributed by atoms with Crippen molar-refractivity contribution in [2.75, 3.05) is 53.0 Å². The number of thiophene rings is 1. The Balaban J connectivity index is 1.51. The molecule has 32 heavy (non-hydrogen) atoms. The summed E-state index contributed by atoms with van der Waals surface area (Å²) < 4.78 is 5.15. The van der Waals surface area contributed by atoms with E-state index in [9.17, 15) is 9.59 Å². The van der Waals surface area contributed by atoms with Crippen molar-refractivity contribution < 1.29 is 14.3 Å². The number of nitrogens with one attached hydrogen (secondary N) is 1. The second-order valence-corrected chi connectivity index (χ2v) is 10.5. The highest BCUT2D eigenvalue weighted by atomic mass is 32.1. The van der Waals surface area contributed by atoms with Crippen LogP contribution in [-0.2, 0) is 20.9 Å². The molecule has 2 amide bonds. The highest BCUT2D eigenvalue weighted by Crippen LogP contribution is 2.30. The van der Waals surface area contributed by atoms with E-state index < -0.39 is 0 Å². The summed E-state index contributed by atoms with van der Waals surface area (Å²) in [6, 6.07) is 4.14. The maximum Gasteiger partial charge on any atom is 0.249 e. The van der Waals surface area contributed by atoms with E-state index in [0.717, 1.165) is 38.5 Å². The van der Waals surface area contributed by atoms with Gasteiger partial charge in [0.25, 0.3) is 0 Å². The molecule has 1 N–H and O–H groups in total. The van der Waals surface area contributed by atoms with Gasteiger partial charge in [-0.05, 0) is 36.6 Å². The Kier molecular flexibility index (Phi) is 8.57. The smallest absolute Gasteiger partial charge is 0.249 e. The van der Waals surface area contributed by atoms with Crippen LogP contribution in [0.4, 0.5) is 0 Å². The van der Waals surface area contributed by atoms with Crippen molar-refractivity contribution in [2.45, 2.75) is 57.2 Å². The number of hydrogen-bond donors (Lipinski definition) is 1. The van der Waals surface area contributed by atoms with Crippen LogP contribution in [0, 0.1) is 5.92 Å². The highest BCUT2D eigenvalue weighted by Gasteiger charge is 2.43. The minimum atomic E-state index is -0.377. The van der Waals surface area contributed by atoms with Crippen LogP contribution in [0.2, 0.25) is 0 Å². The molecule has 2 aliphatic heterocycles. The maximum atomic E-state index is 13.4. The minimum Gasteiger partial charge on any atom is -0.375 e. The van der Waals surface area contributed by atoms with Gasteiger partial charge in [-0.1, -0.05) is 25.3 Å². The van der Waals surface area contributed by atoms with Crippen LogP contribution in [0.5, 0.6) is 0 Å². The van der Waals surface area contributed by atoms with E-state index in [2.05, 4.69) is 27.7 Å². The van der Waals surface area contributed by atoms with Gasteiger partial charge in [0.15, 0.2) is 0 Å². The second-order valence-electron chi connectivity index (χ2n) is 9.47. The number of methoxy groups -OCH3 is 1. The Morgan fingerprint density at radius 1 is 1.22 bits per heavy atom. The number of ether oxygens (including phenoxy) is 1. The Hall–Kier alpha value is -1.48. The van der Waals surface area contributed by atoms with Gasteiger partial charge in [-0.2, -0.15) is 0 Å². The zero-order valence-electron chi connectivity index (χ0n) is 19.3. The molecule has 178 valence electrons. The second kappa shape index (κ2) is 11.6. The molecule has 4 rings (SSSR count). The maximum absolute atomic E-state index is 13.4. The van der Waals surface area contributed by atoms with Crippen molar-refractivity contribution in [1.29, 1.82) is 0 Å². The third-order valence-electron chi connectivity index (χ3n) is 7.25. The fraction of sp³-hybridized carbons (Fsp3) is 0.750. The lowest BCUT2D eigenvalue weighted by molar-refractivity contribution is -0.146. The molecule has 3 heterocycles. The summed E-state index contributed by atoms with van der Waals surface area (Å²) in [4.78, 5) is 34.0. The van der Waals surface area contributed by atoms with Gasteiger partial charge < -0.3 is 19.9 Å². The van der Waals surface area contributed by atoms with Gasteiger partial charge in [0.1, 0.15) is 12.6 Å². The van der Waals surface area contributed by atoms with E-state index in [-0.39, 0.29) is 30.5 Å². The Morgan fingerprint density at radius 3 is 2.69 bits per heavy atom. The average Bonchev–Trinajstić information content (AvgIpc) is 3.50. The van der Waals surface area contributed by atoms with Crippen LogP contribution in [0.1, 0.15) is 43.4 Å². The number of nitrogens with zero attached hydrogens (tertiary/aromatic N) is 3. The quantitative estimate of drug-likeness (QED) is 0.642. The number of amides is 2. The Labute approximate surface area is 196 Å². The summed E-state index contributed by atoms with van der Waals surface area (Å²) in [5.41, 5.74) is 0. The summed E-state index contributed by atoms with van der Waals surface area (Å²) >= 11 is 1.79. The summed E-state index contributed by atoms with van der Waals surface area (Å²) in [6.07, 6.45) is 7.31. The van der Waals surface area contributed by atoms with Crippen LogP contribution in [-0.4, -0.2) is 91.6 Å². The third kappa shape index (κ3) is 5.90. The zero-order valence-corrected chi connectivity index (χ0v) is 20.2. The number of piperazine rings is 1. The van der Waals surface area contributed by atoms with Gasteiger partial charge >= 0.3 is 0 Å². The van der Waals surface area contributed by atoms with Crippen LogP contribution in [0.3, 0.4) is 0 Å². The predicted octanol–water partition coefficient (Wildman–Crippen LogP) is 2.18. The standard InChI is InChI=1S/C24H38N4O3S/c1-31-18-23(29)28-16-20(14-22(28)24(30)26-11-9-25-10-12-26)27(17-21-8-5-13-32-21)15-19-6-3-2-4-7-19/h5,8,13,19-20,22,25H,2-4,6-7,9-12,14-18H2,1H3. The van der Waals surface area contributed by atoms with Crippen LogP contribution < -0.4 is 5.32 Å². The lowest BCUT2D eigenvalue weighted by atomic mass is 9.88. The third-order valence-corrected chi connectivity index (χ3v) is 8.11. The topological polar surface area (TPSA) is 65.1 Å².